The Morgan fingerprint density at radius 2 is 1.61 bits per heavy atom. The normalized spacial score (nSPS) is 24.7. The summed E-state index contributed by atoms with van der Waals surface area (Å²) in [5.41, 5.74) is 3.03. The topological polar surface area (TPSA) is 20.3 Å². The minimum Gasteiger partial charge on any atom is -0.302 e. The van der Waals surface area contributed by atoms with E-state index in [4.69, 9.17) is 0 Å². The molecular formula is C21H33NO. The highest BCUT2D eigenvalue weighted by molar-refractivity contribution is 5.83. The van der Waals surface area contributed by atoms with E-state index in [9.17, 15) is 4.79 Å². The first kappa shape index (κ1) is 18.2. The molecular weight excluding hydrogens is 282 g/mol. The number of ketones is 1. The Hall–Kier alpha value is -1.15. The zero-order chi connectivity index (χ0) is 17.2. The fourth-order valence-electron chi connectivity index (χ4n) is 3.71. The molecule has 128 valence electrons. The highest BCUT2D eigenvalue weighted by atomic mass is 16.1. The fraction of sp³-hybridized carbons (Fsp3) is 0.667. The van der Waals surface area contributed by atoms with Gasteiger partial charge in [0.1, 0.15) is 5.78 Å². The van der Waals surface area contributed by atoms with Crippen molar-refractivity contribution < 1.29 is 4.79 Å². The number of nitrogens with zero attached hydrogens (tertiary/aromatic N) is 1. The van der Waals surface area contributed by atoms with E-state index < -0.39 is 0 Å². The van der Waals surface area contributed by atoms with Crippen LogP contribution in [0.2, 0.25) is 0 Å². The lowest BCUT2D eigenvalue weighted by molar-refractivity contribution is -0.130. The summed E-state index contributed by atoms with van der Waals surface area (Å²) in [6.45, 7) is 16.2. The molecule has 0 N–H and O–H groups in total. The van der Waals surface area contributed by atoms with Gasteiger partial charge in [-0.2, -0.15) is 0 Å². The first-order valence-electron chi connectivity index (χ1n) is 9.02. The molecule has 0 amide bonds. The Morgan fingerprint density at radius 3 is 2.09 bits per heavy atom. The van der Waals surface area contributed by atoms with Gasteiger partial charge < -0.3 is 4.90 Å². The third-order valence-corrected chi connectivity index (χ3v) is 5.01. The summed E-state index contributed by atoms with van der Waals surface area (Å²) in [5, 5.41) is 0. The van der Waals surface area contributed by atoms with Crippen LogP contribution in [0.25, 0.3) is 0 Å². The maximum atomic E-state index is 11.9. The van der Waals surface area contributed by atoms with E-state index in [1.54, 1.807) is 0 Å². The van der Waals surface area contributed by atoms with Gasteiger partial charge in [0, 0.05) is 31.5 Å². The second-order valence-electron chi connectivity index (χ2n) is 8.68. The minimum atomic E-state index is 0.192. The molecule has 1 heterocycles. The molecule has 0 aliphatic carbocycles. The molecule has 0 bridgehead atoms. The van der Waals surface area contributed by atoms with Crippen LogP contribution in [0.1, 0.15) is 52.7 Å². The number of rotatable bonds is 4. The Balaban J connectivity index is 1.90. The molecule has 1 aliphatic rings. The first-order chi connectivity index (χ1) is 10.7. The lowest BCUT2D eigenvalue weighted by Gasteiger charge is -2.35. The van der Waals surface area contributed by atoms with Crippen LogP contribution in [-0.4, -0.2) is 30.3 Å². The van der Waals surface area contributed by atoms with Crippen LogP contribution in [0.4, 0.5) is 0 Å². The van der Waals surface area contributed by atoms with Crippen LogP contribution < -0.4 is 0 Å². The standard InChI is InChI=1S/C21H33NO/c1-15(12-22-13-16(2)20(23)17(3)14-22)11-18-7-9-19(10-8-18)21(4,5)6/h7-10,15-17H,11-14H2,1-6H3. The zero-order valence-electron chi connectivity index (χ0n) is 15.7. The maximum Gasteiger partial charge on any atom is 0.141 e. The number of likely N-dealkylation sites (tertiary alicyclic amines) is 1. The third kappa shape index (κ3) is 4.91. The molecule has 23 heavy (non-hydrogen) atoms. The second-order valence-corrected chi connectivity index (χ2v) is 8.68. The lowest BCUT2D eigenvalue weighted by Crippen LogP contribution is -2.46. The van der Waals surface area contributed by atoms with Crippen LogP contribution in [0.3, 0.4) is 0 Å². The van der Waals surface area contributed by atoms with Crippen LogP contribution in [-0.2, 0) is 16.6 Å². The zero-order valence-corrected chi connectivity index (χ0v) is 15.7. The number of hydrogen-bond acceptors (Lipinski definition) is 2. The predicted octanol–water partition coefficient (Wildman–Crippen LogP) is 4.32. The van der Waals surface area contributed by atoms with E-state index in [-0.39, 0.29) is 17.3 Å². The molecule has 2 heteroatoms. The fourth-order valence-corrected chi connectivity index (χ4v) is 3.71. The maximum absolute atomic E-state index is 11.9. The first-order valence-corrected chi connectivity index (χ1v) is 9.02. The Morgan fingerprint density at radius 1 is 1.09 bits per heavy atom. The molecule has 3 atom stereocenters. The Kier molecular flexibility index (Phi) is 5.67. The van der Waals surface area contributed by atoms with Gasteiger partial charge in [-0.25, -0.2) is 0 Å². The van der Waals surface area contributed by atoms with E-state index in [0.29, 0.717) is 11.7 Å². The summed E-state index contributed by atoms with van der Waals surface area (Å²) in [6, 6.07) is 9.10. The van der Waals surface area contributed by atoms with Gasteiger partial charge in [-0.05, 0) is 28.9 Å². The molecule has 0 aromatic heterocycles. The summed E-state index contributed by atoms with van der Waals surface area (Å²) in [6.07, 6.45) is 1.11. The molecule has 0 radical (unpaired) electrons. The molecule has 2 nitrogen and oxygen atoms in total. The minimum absolute atomic E-state index is 0.192. The van der Waals surface area contributed by atoms with Crippen LogP contribution in [0, 0.1) is 17.8 Å². The quantitative estimate of drug-likeness (QED) is 0.825. The van der Waals surface area contributed by atoms with Crippen molar-refractivity contribution in [1.29, 1.82) is 0 Å². The van der Waals surface area contributed by atoms with E-state index in [1.807, 2.05) is 0 Å². The van der Waals surface area contributed by atoms with E-state index in [0.717, 1.165) is 26.1 Å². The van der Waals surface area contributed by atoms with Crippen molar-refractivity contribution in [2.45, 2.75) is 53.4 Å². The van der Waals surface area contributed by atoms with Gasteiger partial charge in [-0.15, -0.1) is 0 Å². The second kappa shape index (κ2) is 7.17. The number of carbonyl (C=O) groups is 1. The summed E-state index contributed by atoms with van der Waals surface area (Å²) in [4.78, 5) is 14.4. The van der Waals surface area contributed by atoms with Gasteiger partial charge >= 0.3 is 0 Å². The van der Waals surface area contributed by atoms with Gasteiger partial charge in [0.15, 0.2) is 0 Å². The molecule has 1 aromatic carbocycles. The molecule has 1 aliphatic heterocycles. The molecule has 0 saturated carbocycles. The number of Topliss-reactive ketones (excluding diaryl/α,β-unsaturated/α-hetero) is 1. The molecule has 1 aromatic rings. The number of hydrogen-bond donors (Lipinski definition) is 0. The highest BCUT2D eigenvalue weighted by Crippen LogP contribution is 2.24. The van der Waals surface area contributed by atoms with Gasteiger partial charge in [0.2, 0.25) is 0 Å². The average molecular weight is 316 g/mol. The van der Waals surface area contributed by atoms with Crippen molar-refractivity contribution in [3.63, 3.8) is 0 Å². The van der Waals surface area contributed by atoms with Crippen molar-refractivity contribution in [3.8, 4) is 0 Å². The Bertz CT molecular complexity index is 512. The van der Waals surface area contributed by atoms with Crippen LogP contribution >= 0.6 is 0 Å². The van der Waals surface area contributed by atoms with Crippen LogP contribution in [0.5, 0.6) is 0 Å². The van der Waals surface area contributed by atoms with Crippen molar-refractivity contribution >= 4 is 5.78 Å². The molecule has 2 rings (SSSR count). The van der Waals surface area contributed by atoms with E-state index in [2.05, 4.69) is 70.7 Å². The van der Waals surface area contributed by atoms with Gasteiger partial charge in [0.25, 0.3) is 0 Å². The SMILES string of the molecule is CC(Cc1ccc(C(C)(C)C)cc1)CN1CC(C)C(=O)C(C)C1. The Labute approximate surface area is 142 Å². The van der Waals surface area contributed by atoms with Crippen molar-refractivity contribution in [2.75, 3.05) is 19.6 Å². The lowest BCUT2D eigenvalue weighted by atomic mass is 9.86. The number of piperidine rings is 1. The molecule has 3 unspecified atom stereocenters. The molecule has 0 spiro atoms. The van der Waals surface area contributed by atoms with E-state index in [1.165, 1.54) is 11.1 Å². The monoisotopic (exact) mass is 315 g/mol. The van der Waals surface area contributed by atoms with Crippen molar-refractivity contribution in [2.24, 2.45) is 17.8 Å². The van der Waals surface area contributed by atoms with Crippen molar-refractivity contribution in [3.05, 3.63) is 35.4 Å². The highest BCUT2D eigenvalue weighted by Gasteiger charge is 2.30. The third-order valence-electron chi connectivity index (χ3n) is 5.01. The summed E-state index contributed by atoms with van der Waals surface area (Å²) in [7, 11) is 0. The van der Waals surface area contributed by atoms with Crippen LogP contribution in [0.15, 0.2) is 24.3 Å². The number of carbonyl (C=O) groups excluding carboxylic acids is 1. The van der Waals surface area contributed by atoms with Gasteiger partial charge in [0.05, 0.1) is 0 Å². The summed E-state index contributed by atoms with van der Waals surface area (Å²) in [5.74, 6) is 1.43. The van der Waals surface area contributed by atoms with Gasteiger partial charge in [-0.3, -0.25) is 4.79 Å². The smallest absolute Gasteiger partial charge is 0.141 e. The van der Waals surface area contributed by atoms with E-state index >= 15 is 0 Å². The summed E-state index contributed by atoms with van der Waals surface area (Å²) < 4.78 is 0. The summed E-state index contributed by atoms with van der Waals surface area (Å²) >= 11 is 0. The average Bonchev–Trinajstić information content (AvgIpc) is 2.44. The number of benzene rings is 1. The van der Waals surface area contributed by atoms with Crippen molar-refractivity contribution in [1.82, 2.24) is 4.90 Å². The predicted molar refractivity (Wildman–Crippen MR) is 97.8 cm³/mol. The largest absolute Gasteiger partial charge is 0.302 e. The molecule has 1 fully saturated rings. The molecule has 1 saturated heterocycles. The van der Waals surface area contributed by atoms with Gasteiger partial charge in [-0.1, -0.05) is 65.8 Å².